The molecule has 0 spiro atoms. The van der Waals surface area contributed by atoms with Crippen molar-refractivity contribution in [1.82, 2.24) is 0 Å². The Morgan fingerprint density at radius 3 is 1.94 bits per heavy atom. The first-order chi connectivity index (χ1) is 7.63. The second-order valence-corrected chi connectivity index (χ2v) is 4.06. The lowest BCUT2D eigenvalue weighted by atomic mass is 10.2. The van der Waals surface area contributed by atoms with Crippen molar-refractivity contribution in [3.63, 3.8) is 0 Å². The van der Waals surface area contributed by atoms with E-state index in [0.717, 1.165) is 19.3 Å². The minimum Gasteiger partial charge on any atom is -0.370 e. The number of phosphoric acid groups is 1. The lowest BCUT2D eigenvalue weighted by molar-refractivity contribution is -0.118. The average molecular weight is 268 g/mol. The summed E-state index contributed by atoms with van der Waals surface area (Å²) in [6.45, 7) is 0. The normalized spacial score (nSPS) is 10.8. The fourth-order valence-corrected chi connectivity index (χ4v) is 0.761. The standard InChI is InChI=1S/C8H14N2O2.H3O4P/c9-7(11)5-3-1-2-4-6-8(10)12;1-5(2,3)4/h3,5H,1-2,4,6H2,(H2,9,11)(H2,10,12);(H3,1,2,3,4). The van der Waals surface area contributed by atoms with Crippen LogP contribution in [-0.4, -0.2) is 26.5 Å². The molecule has 0 aromatic rings. The van der Waals surface area contributed by atoms with Gasteiger partial charge < -0.3 is 26.1 Å². The summed E-state index contributed by atoms with van der Waals surface area (Å²) in [6, 6.07) is 0. The summed E-state index contributed by atoms with van der Waals surface area (Å²) in [4.78, 5) is 42.0. The van der Waals surface area contributed by atoms with Crippen molar-refractivity contribution < 1.29 is 28.8 Å². The van der Waals surface area contributed by atoms with Gasteiger partial charge in [0, 0.05) is 6.42 Å². The maximum atomic E-state index is 10.3. The molecule has 0 aliphatic rings. The summed E-state index contributed by atoms with van der Waals surface area (Å²) in [7, 11) is -4.64. The van der Waals surface area contributed by atoms with Gasteiger partial charge in [-0.05, 0) is 25.3 Å². The first-order valence-corrected chi connectivity index (χ1v) is 6.22. The third-order valence-electron chi connectivity index (χ3n) is 1.33. The van der Waals surface area contributed by atoms with E-state index in [1.165, 1.54) is 6.08 Å². The topological polar surface area (TPSA) is 164 Å². The maximum Gasteiger partial charge on any atom is 0.466 e. The highest BCUT2D eigenvalue weighted by molar-refractivity contribution is 7.45. The van der Waals surface area contributed by atoms with Crippen molar-refractivity contribution in [3.05, 3.63) is 12.2 Å². The number of carbonyl (C=O) groups excluding carboxylic acids is 2. The van der Waals surface area contributed by atoms with Gasteiger partial charge in [0.1, 0.15) is 0 Å². The van der Waals surface area contributed by atoms with Crippen LogP contribution in [-0.2, 0) is 14.2 Å². The van der Waals surface area contributed by atoms with Gasteiger partial charge in [0.15, 0.2) is 0 Å². The molecule has 2 amide bonds. The molecule has 7 N–H and O–H groups in total. The first kappa shape index (κ1) is 18.2. The van der Waals surface area contributed by atoms with E-state index < -0.39 is 13.7 Å². The lowest BCUT2D eigenvalue weighted by Gasteiger charge is -1.92. The largest absolute Gasteiger partial charge is 0.466 e. The van der Waals surface area contributed by atoms with Crippen LogP contribution in [0.3, 0.4) is 0 Å². The average Bonchev–Trinajstić information content (AvgIpc) is 2.07. The van der Waals surface area contributed by atoms with E-state index in [0.29, 0.717) is 6.42 Å². The molecule has 0 aliphatic heterocycles. The van der Waals surface area contributed by atoms with E-state index in [1.807, 2.05) is 0 Å². The van der Waals surface area contributed by atoms with Crippen molar-refractivity contribution >= 4 is 19.6 Å². The fourth-order valence-electron chi connectivity index (χ4n) is 0.761. The molecule has 0 rings (SSSR count). The van der Waals surface area contributed by atoms with Crippen molar-refractivity contribution in [1.29, 1.82) is 0 Å². The molecule has 0 aromatic carbocycles. The van der Waals surface area contributed by atoms with Gasteiger partial charge in [-0.3, -0.25) is 9.59 Å². The van der Waals surface area contributed by atoms with Crippen molar-refractivity contribution in [2.75, 3.05) is 0 Å². The summed E-state index contributed by atoms with van der Waals surface area (Å²) in [6.07, 6.45) is 5.80. The minimum absolute atomic E-state index is 0.283. The Balaban J connectivity index is 0. The molecular weight excluding hydrogens is 251 g/mol. The van der Waals surface area contributed by atoms with Crippen LogP contribution < -0.4 is 11.5 Å². The summed E-state index contributed by atoms with van der Waals surface area (Å²) in [5.74, 6) is -0.723. The highest BCUT2D eigenvalue weighted by atomic mass is 31.2. The molecule has 0 bridgehead atoms. The van der Waals surface area contributed by atoms with Crippen LogP contribution in [0.2, 0.25) is 0 Å². The Hall–Kier alpha value is -1.21. The number of hydrogen-bond donors (Lipinski definition) is 5. The Morgan fingerprint density at radius 1 is 1.12 bits per heavy atom. The maximum absolute atomic E-state index is 10.3. The predicted molar refractivity (Wildman–Crippen MR) is 60.3 cm³/mol. The number of carbonyl (C=O) groups is 2. The smallest absolute Gasteiger partial charge is 0.370 e. The molecule has 0 radical (unpaired) electrons. The second-order valence-electron chi connectivity index (χ2n) is 3.03. The molecule has 0 saturated heterocycles. The quantitative estimate of drug-likeness (QED) is 0.239. The summed E-state index contributed by atoms with van der Waals surface area (Å²) >= 11 is 0. The molecule has 17 heavy (non-hydrogen) atoms. The zero-order valence-electron chi connectivity index (χ0n) is 9.15. The Morgan fingerprint density at radius 2 is 1.59 bits per heavy atom. The van der Waals surface area contributed by atoms with Gasteiger partial charge in [0.05, 0.1) is 0 Å². The van der Waals surface area contributed by atoms with Gasteiger partial charge in [-0.1, -0.05) is 6.08 Å². The van der Waals surface area contributed by atoms with Crippen LogP contribution in [0.5, 0.6) is 0 Å². The van der Waals surface area contributed by atoms with Gasteiger partial charge >= 0.3 is 7.82 Å². The Labute approximate surface area is 98.5 Å². The molecule has 8 nitrogen and oxygen atoms in total. The SMILES string of the molecule is NC(=O)C=CCCCCC(N)=O.O=P(O)(O)O. The number of nitrogens with two attached hydrogens (primary N) is 2. The molecule has 9 heteroatoms. The van der Waals surface area contributed by atoms with Crippen molar-refractivity contribution in [2.24, 2.45) is 11.5 Å². The molecule has 0 fully saturated rings. The molecular formula is C8H17N2O6P. The molecule has 100 valence electrons. The van der Waals surface area contributed by atoms with E-state index >= 15 is 0 Å². The van der Waals surface area contributed by atoms with Gasteiger partial charge in [-0.15, -0.1) is 0 Å². The number of amides is 2. The van der Waals surface area contributed by atoms with Crippen LogP contribution in [0.15, 0.2) is 12.2 Å². The van der Waals surface area contributed by atoms with Crippen molar-refractivity contribution in [3.8, 4) is 0 Å². The van der Waals surface area contributed by atoms with Crippen LogP contribution in [0.4, 0.5) is 0 Å². The number of hydrogen-bond acceptors (Lipinski definition) is 3. The number of primary amides is 2. The lowest BCUT2D eigenvalue weighted by Crippen LogP contribution is -2.09. The van der Waals surface area contributed by atoms with Gasteiger partial charge in [-0.25, -0.2) is 4.57 Å². The second kappa shape index (κ2) is 9.98. The highest BCUT2D eigenvalue weighted by Crippen LogP contribution is 2.25. The van der Waals surface area contributed by atoms with E-state index in [-0.39, 0.29) is 5.91 Å². The van der Waals surface area contributed by atoms with Crippen LogP contribution in [0, 0.1) is 0 Å². The zero-order chi connectivity index (χ0) is 13.9. The van der Waals surface area contributed by atoms with Crippen LogP contribution in [0.25, 0.3) is 0 Å². The van der Waals surface area contributed by atoms with E-state index in [2.05, 4.69) is 0 Å². The molecule has 0 aromatic heterocycles. The third-order valence-corrected chi connectivity index (χ3v) is 1.33. The Bertz CT molecular complexity index is 303. The van der Waals surface area contributed by atoms with E-state index in [4.69, 9.17) is 30.7 Å². The highest BCUT2D eigenvalue weighted by Gasteiger charge is 2.00. The monoisotopic (exact) mass is 268 g/mol. The molecule has 0 unspecified atom stereocenters. The van der Waals surface area contributed by atoms with Crippen LogP contribution in [0.1, 0.15) is 25.7 Å². The first-order valence-electron chi connectivity index (χ1n) is 4.65. The van der Waals surface area contributed by atoms with Gasteiger partial charge in [0.2, 0.25) is 11.8 Å². The summed E-state index contributed by atoms with van der Waals surface area (Å²) in [5.41, 5.74) is 9.78. The number of rotatable bonds is 6. The minimum atomic E-state index is -4.64. The van der Waals surface area contributed by atoms with Gasteiger partial charge in [0.25, 0.3) is 0 Å². The molecule has 0 atom stereocenters. The fraction of sp³-hybridized carbons (Fsp3) is 0.500. The summed E-state index contributed by atoms with van der Waals surface area (Å²) < 4.78 is 8.88. The predicted octanol–water partition coefficient (Wildman–Crippen LogP) is -0.855. The van der Waals surface area contributed by atoms with E-state index in [9.17, 15) is 9.59 Å². The molecule has 0 aliphatic carbocycles. The van der Waals surface area contributed by atoms with Crippen molar-refractivity contribution in [2.45, 2.75) is 25.7 Å². The number of allylic oxidation sites excluding steroid dienone is 1. The zero-order valence-corrected chi connectivity index (χ0v) is 10.0. The van der Waals surface area contributed by atoms with Crippen LogP contribution >= 0.6 is 7.82 Å². The molecule has 0 heterocycles. The number of unbranched alkanes of at least 4 members (excludes halogenated alkanes) is 2. The third kappa shape index (κ3) is 39.9. The molecule has 0 saturated carbocycles. The van der Waals surface area contributed by atoms with Gasteiger partial charge in [-0.2, -0.15) is 0 Å². The summed E-state index contributed by atoms with van der Waals surface area (Å²) in [5, 5.41) is 0. The van der Waals surface area contributed by atoms with E-state index in [1.54, 1.807) is 6.08 Å². The Kier molecular flexibility index (Phi) is 10.7.